The van der Waals surface area contributed by atoms with Gasteiger partial charge in [-0.1, -0.05) is 32.1 Å². The van der Waals surface area contributed by atoms with E-state index in [-0.39, 0.29) is 0 Å². The highest BCUT2D eigenvalue weighted by atomic mass is 14.9. The summed E-state index contributed by atoms with van der Waals surface area (Å²) < 4.78 is 0. The maximum atomic E-state index is 5.39. The third-order valence-electron chi connectivity index (χ3n) is 2.65. The Morgan fingerprint density at radius 2 is 2.08 bits per heavy atom. The summed E-state index contributed by atoms with van der Waals surface area (Å²) in [5.74, 6) is 2.79. The first-order valence-corrected chi connectivity index (χ1v) is 5.09. The molecule has 1 aliphatic carbocycles. The molecule has 0 amide bonds. The molecule has 1 unspecified atom stereocenters. The Morgan fingerprint density at radius 1 is 1.42 bits per heavy atom. The van der Waals surface area contributed by atoms with Crippen molar-refractivity contribution in [3.05, 3.63) is 0 Å². The van der Waals surface area contributed by atoms with E-state index in [1.54, 1.807) is 0 Å². The molecule has 0 aromatic carbocycles. The van der Waals surface area contributed by atoms with E-state index in [4.69, 9.17) is 6.42 Å². The van der Waals surface area contributed by atoms with Crippen LogP contribution in [-0.2, 0) is 0 Å². The molecule has 1 N–H and O–H groups in total. The Morgan fingerprint density at radius 3 is 2.58 bits per heavy atom. The van der Waals surface area contributed by atoms with Crippen molar-refractivity contribution >= 4 is 0 Å². The highest BCUT2D eigenvalue weighted by Crippen LogP contribution is 2.17. The second-order valence-corrected chi connectivity index (χ2v) is 3.63. The van der Waals surface area contributed by atoms with E-state index in [1.807, 2.05) is 0 Å². The van der Waals surface area contributed by atoms with Crippen molar-refractivity contribution in [1.82, 2.24) is 5.32 Å². The van der Waals surface area contributed by atoms with Gasteiger partial charge in [0.2, 0.25) is 0 Å². The molecule has 0 radical (unpaired) electrons. The van der Waals surface area contributed by atoms with Crippen LogP contribution in [0, 0.1) is 12.3 Å². The first kappa shape index (κ1) is 9.61. The number of hydrogen-bond donors (Lipinski definition) is 1. The highest BCUT2D eigenvalue weighted by molar-refractivity contribution is 4.99. The number of hydrogen-bond acceptors (Lipinski definition) is 1. The van der Waals surface area contributed by atoms with Gasteiger partial charge in [-0.25, -0.2) is 0 Å². The quantitative estimate of drug-likeness (QED) is 0.633. The lowest BCUT2D eigenvalue weighted by molar-refractivity contribution is 0.355. The molecule has 1 nitrogen and oxygen atoms in total. The lowest BCUT2D eigenvalue weighted by Gasteiger charge is -2.25. The molecule has 68 valence electrons. The molecule has 0 saturated heterocycles. The van der Waals surface area contributed by atoms with Gasteiger partial charge in [0.15, 0.2) is 0 Å². The van der Waals surface area contributed by atoms with Gasteiger partial charge in [0.25, 0.3) is 0 Å². The summed E-state index contributed by atoms with van der Waals surface area (Å²) in [5, 5.41) is 3.52. The molecule has 1 aliphatic rings. The molecular weight excluding hydrogens is 146 g/mol. The predicted octanol–water partition coefficient (Wildman–Crippen LogP) is 2.32. The van der Waals surface area contributed by atoms with Gasteiger partial charge >= 0.3 is 0 Å². The zero-order valence-electron chi connectivity index (χ0n) is 7.97. The van der Waals surface area contributed by atoms with Gasteiger partial charge < -0.3 is 5.32 Å². The molecule has 12 heavy (non-hydrogen) atoms. The van der Waals surface area contributed by atoms with Crippen LogP contribution in [0.2, 0.25) is 0 Å². The van der Waals surface area contributed by atoms with Crippen LogP contribution < -0.4 is 5.32 Å². The second-order valence-electron chi connectivity index (χ2n) is 3.63. The lowest BCUT2D eigenvalue weighted by Crippen LogP contribution is -2.38. The summed E-state index contributed by atoms with van der Waals surface area (Å²) in [5.41, 5.74) is 0. The van der Waals surface area contributed by atoms with Crippen molar-refractivity contribution in [1.29, 1.82) is 0 Å². The average molecular weight is 165 g/mol. The summed E-state index contributed by atoms with van der Waals surface area (Å²) >= 11 is 0. The van der Waals surface area contributed by atoms with Gasteiger partial charge in [0, 0.05) is 6.04 Å². The lowest BCUT2D eigenvalue weighted by atomic mass is 9.95. The normalized spacial score (nSPS) is 21.7. The monoisotopic (exact) mass is 165 g/mol. The standard InChI is InChI=1S/C11H19N/c1-3-10(4-2)12-11-8-6-5-7-9-11/h1,10-12H,4-9H2,2H3. The van der Waals surface area contributed by atoms with Crippen LogP contribution in [0.3, 0.4) is 0 Å². The van der Waals surface area contributed by atoms with E-state index >= 15 is 0 Å². The maximum absolute atomic E-state index is 5.39. The van der Waals surface area contributed by atoms with Crippen LogP contribution in [0.25, 0.3) is 0 Å². The number of nitrogens with one attached hydrogen (secondary N) is 1. The third kappa shape index (κ3) is 2.87. The summed E-state index contributed by atoms with van der Waals surface area (Å²) in [4.78, 5) is 0. The van der Waals surface area contributed by atoms with E-state index in [1.165, 1.54) is 32.1 Å². The summed E-state index contributed by atoms with van der Waals surface area (Å²) in [6.07, 6.45) is 13.2. The summed E-state index contributed by atoms with van der Waals surface area (Å²) in [7, 11) is 0. The largest absolute Gasteiger partial charge is 0.301 e. The Bertz CT molecular complexity index is 151. The van der Waals surface area contributed by atoms with Crippen LogP contribution in [0.15, 0.2) is 0 Å². The van der Waals surface area contributed by atoms with Crippen molar-refractivity contribution in [2.75, 3.05) is 0 Å². The van der Waals surface area contributed by atoms with Crippen LogP contribution >= 0.6 is 0 Å². The summed E-state index contributed by atoms with van der Waals surface area (Å²) in [6.45, 7) is 2.14. The van der Waals surface area contributed by atoms with Gasteiger partial charge in [-0.05, 0) is 19.3 Å². The van der Waals surface area contributed by atoms with Crippen molar-refractivity contribution < 1.29 is 0 Å². The molecule has 0 aromatic heterocycles. The molecule has 0 aliphatic heterocycles. The van der Waals surface area contributed by atoms with E-state index in [0.29, 0.717) is 12.1 Å². The van der Waals surface area contributed by atoms with Crippen LogP contribution in [-0.4, -0.2) is 12.1 Å². The van der Waals surface area contributed by atoms with Gasteiger partial charge in [0.05, 0.1) is 6.04 Å². The third-order valence-corrected chi connectivity index (χ3v) is 2.65. The summed E-state index contributed by atoms with van der Waals surface area (Å²) in [6, 6.07) is 0.993. The first-order valence-electron chi connectivity index (χ1n) is 5.09. The minimum absolute atomic E-state index is 0.299. The topological polar surface area (TPSA) is 12.0 Å². The zero-order valence-corrected chi connectivity index (χ0v) is 7.97. The second kappa shape index (κ2) is 5.22. The van der Waals surface area contributed by atoms with E-state index in [2.05, 4.69) is 18.2 Å². The Labute approximate surface area is 75.9 Å². The Hall–Kier alpha value is -0.480. The number of terminal acetylenes is 1. The minimum Gasteiger partial charge on any atom is -0.301 e. The van der Waals surface area contributed by atoms with Crippen molar-refractivity contribution in [2.24, 2.45) is 0 Å². The van der Waals surface area contributed by atoms with Gasteiger partial charge in [-0.2, -0.15) is 0 Å². The molecule has 1 saturated carbocycles. The molecule has 1 rings (SSSR count). The average Bonchev–Trinajstić information content (AvgIpc) is 2.16. The fourth-order valence-electron chi connectivity index (χ4n) is 1.84. The van der Waals surface area contributed by atoms with Crippen molar-refractivity contribution in [2.45, 2.75) is 57.5 Å². The molecule has 0 bridgehead atoms. The van der Waals surface area contributed by atoms with Crippen molar-refractivity contribution in [3.8, 4) is 12.3 Å². The molecule has 0 spiro atoms. The van der Waals surface area contributed by atoms with E-state index in [0.717, 1.165) is 6.42 Å². The van der Waals surface area contributed by atoms with Gasteiger partial charge in [-0.15, -0.1) is 6.42 Å². The number of rotatable bonds is 3. The van der Waals surface area contributed by atoms with Crippen LogP contribution in [0.1, 0.15) is 45.4 Å². The maximum Gasteiger partial charge on any atom is 0.0686 e. The van der Waals surface area contributed by atoms with E-state index < -0.39 is 0 Å². The van der Waals surface area contributed by atoms with Gasteiger partial charge in [0.1, 0.15) is 0 Å². The van der Waals surface area contributed by atoms with Crippen molar-refractivity contribution in [3.63, 3.8) is 0 Å². The van der Waals surface area contributed by atoms with Crippen LogP contribution in [0.5, 0.6) is 0 Å². The molecule has 1 heteroatoms. The zero-order chi connectivity index (χ0) is 8.81. The van der Waals surface area contributed by atoms with E-state index in [9.17, 15) is 0 Å². The smallest absolute Gasteiger partial charge is 0.0686 e. The highest BCUT2D eigenvalue weighted by Gasteiger charge is 2.14. The minimum atomic E-state index is 0.299. The van der Waals surface area contributed by atoms with Gasteiger partial charge in [-0.3, -0.25) is 0 Å². The molecule has 1 atom stereocenters. The predicted molar refractivity (Wildman–Crippen MR) is 52.9 cm³/mol. The molecule has 1 fully saturated rings. The Balaban J connectivity index is 2.24. The molecular formula is C11H19N. The molecule has 0 heterocycles. The fourth-order valence-corrected chi connectivity index (χ4v) is 1.84. The first-order chi connectivity index (χ1) is 5.86. The molecule has 0 aromatic rings. The SMILES string of the molecule is C#CC(CC)NC1CCCCC1. The van der Waals surface area contributed by atoms with Crippen LogP contribution in [0.4, 0.5) is 0 Å². The Kier molecular flexibility index (Phi) is 4.18. The fraction of sp³-hybridized carbons (Fsp3) is 0.818.